The van der Waals surface area contributed by atoms with Crippen molar-refractivity contribution in [3.8, 4) is 11.3 Å². The minimum Gasteiger partial charge on any atom is -0.618 e. The maximum atomic E-state index is 15.2. The molecule has 0 fully saturated rings. The Balaban J connectivity index is 1.88. The molecular weight excluding hydrogens is 397 g/mol. The molecule has 0 atom stereocenters. The van der Waals surface area contributed by atoms with Gasteiger partial charge in [0.2, 0.25) is 12.0 Å². The lowest BCUT2D eigenvalue weighted by Crippen LogP contribution is -2.44. The molecule has 1 aromatic heterocycles. The second kappa shape index (κ2) is 8.44. The van der Waals surface area contributed by atoms with Crippen LogP contribution in [0, 0.1) is 22.7 Å². The van der Waals surface area contributed by atoms with Gasteiger partial charge in [0.15, 0.2) is 5.82 Å². The van der Waals surface area contributed by atoms with E-state index in [-0.39, 0.29) is 16.9 Å². The molecule has 0 saturated carbocycles. The molecule has 0 unspecified atom stereocenters. The fraction of sp³-hybridized carbons (Fsp3) is 0.182. The van der Waals surface area contributed by atoms with E-state index in [1.807, 2.05) is 6.07 Å². The van der Waals surface area contributed by atoms with Crippen LogP contribution >= 0.6 is 0 Å². The third-order valence-electron chi connectivity index (χ3n) is 4.49. The first-order valence-electron chi connectivity index (χ1n) is 9.05. The molecule has 0 aliphatic heterocycles. The zero-order valence-corrected chi connectivity index (χ0v) is 16.3. The topological polar surface area (TPSA) is 65.3 Å². The number of ether oxygens (including phenoxy) is 1. The number of benzene rings is 2. The summed E-state index contributed by atoms with van der Waals surface area (Å²) in [5, 5.41) is 14.6. The number of nitrogens with one attached hydrogen (secondary N) is 1. The minimum absolute atomic E-state index is 0.0239. The van der Waals surface area contributed by atoms with Crippen LogP contribution in [0.25, 0.3) is 11.3 Å². The summed E-state index contributed by atoms with van der Waals surface area (Å²) < 4.78 is 48.1. The molecule has 156 valence electrons. The molecule has 0 spiro atoms. The summed E-state index contributed by atoms with van der Waals surface area (Å²) in [6.07, 6.45) is -0.319. The number of carbonyl (C=O) groups excluding carboxylic acids is 1. The van der Waals surface area contributed by atoms with Gasteiger partial charge < -0.3 is 15.3 Å². The van der Waals surface area contributed by atoms with Crippen molar-refractivity contribution >= 4 is 6.09 Å². The summed E-state index contributed by atoms with van der Waals surface area (Å²) in [7, 11) is 0. The highest BCUT2D eigenvalue weighted by atomic mass is 19.1. The molecule has 0 bridgehead atoms. The van der Waals surface area contributed by atoms with Crippen molar-refractivity contribution in [1.29, 1.82) is 0 Å². The summed E-state index contributed by atoms with van der Waals surface area (Å²) in [4.78, 5) is 12.2. The molecule has 8 heteroatoms. The van der Waals surface area contributed by atoms with Crippen LogP contribution in [-0.2, 0) is 16.9 Å². The Kier molecular flexibility index (Phi) is 5.96. The Morgan fingerprint density at radius 1 is 1.07 bits per heavy atom. The highest BCUT2D eigenvalue weighted by Gasteiger charge is 2.35. The quantitative estimate of drug-likeness (QED) is 0.490. The molecule has 1 N–H and O–H groups in total. The molecule has 2 aromatic carbocycles. The fourth-order valence-corrected chi connectivity index (χ4v) is 3.06. The zero-order chi connectivity index (χ0) is 21.9. The van der Waals surface area contributed by atoms with Crippen LogP contribution in [0.5, 0.6) is 0 Å². The number of rotatable bonds is 5. The molecule has 0 aliphatic carbocycles. The van der Waals surface area contributed by atoms with Gasteiger partial charge in [-0.1, -0.05) is 30.3 Å². The second-order valence-electron chi connectivity index (χ2n) is 7.16. The number of alkyl carbamates (subject to hydrolysis) is 1. The average molecular weight is 416 g/mol. The van der Waals surface area contributed by atoms with Gasteiger partial charge in [0, 0.05) is 0 Å². The molecule has 0 radical (unpaired) electrons. The monoisotopic (exact) mass is 416 g/mol. The van der Waals surface area contributed by atoms with Gasteiger partial charge in [0.25, 0.3) is 5.69 Å². The lowest BCUT2D eigenvalue weighted by molar-refractivity contribution is -0.597. The SMILES string of the molecule is CC(C)(NC(=O)OCc1ccccc1)c1c(F)c[n+]([O-])c(-c2ccc(F)cc2)c1F. The van der Waals surface area contributed by atoms with Gasteiger partial charge in [-0.3, -0.25) is 0 Å². The first kappa shape index (κ1) is 21.2. The van der Waals surface area contributed by atoms with Gasteiger partial charge in [-0.25, -0.2) is 9.18 Å². The summed E-state index contributed by atoms with van der Waals surface area (Å²) in [5.74, 6) is -2.87. The summed E-state index contributed by atoms with van der Waals surface area (Å²) in [6.45, 7) is 2.73. The van der Waals surface area contributed by atoms with Crippen LogP contribution in [0.2, 0.25) is 0 Å². The number of pyridine rings is 1. The van der Waals surface area contributed by atoms with Gasteiger partial charge in [-0.2, -0.15) is 13.5 Å². The van der Waals surface area contributed by atoms with Gasteiger partial charge in [0.1, 0.15) is 12.4 Å². The van der Waals surface area contributed by atoms with Crippen molar-refractivity contribution in [1.82, 2.24) is 5.32 Å². The van der Waals surface area contributed by atoms with Crippen molar-refractivity contribution in [3.63, 3.8) is 0 Å². The molecule has 0 aliphatic rings. The van der Waals surface area contributed by atoms with Gasteiger partial charge in [-0.15, -0.1) is 0 Å². The van der Waals surface area contributed by atoms with Crippen LogP contribution in [-0.4, -0.2) is 6.09 Å². The van der Waals surface area contributed by atoms with Gasteiger partial charge in [0.05, 0.1) is 16.7 Å². The van der Waals surface area contributed by atoms with Crippen LogP contribution in [0.4, 0.5) is 18.0 Å². The Morgan fingerprint density at radius 3 is 2.33 bits per heavy atom. The van der Waals surface area contributed by atoms with E-state index in [0.29, 0.717) is 6.20 Å². The van der Waals surface area contributed by atoms with E-state index < -0.39 is 40.3 Å². The highest BCUT2D eigenvalue weighted by molar-refractivity contribution is 5.69. The van der Waals surface area contributed by atoms with E-state index in [1.165, 1.54) is 26.0 Å². The fourth-order valence-electron chi connectivity index (χ4n) is 3.06. The van der Waals surface area contributed by atoms with Crippen molar-refractivity contribution in [3.05, 3.63) is 94.6 Å². The summed E-state index contributed by atoms with van der Waals surface area (Å²) >= 11 is 0. The van der Waals surface area contributed by atoms with E-state index in [2.05, 4.69) is 5.32 Å². The number of amides is 1. The maximum Gasteiger partial charge on any atom is 0.408 e. The van der Waals surface area contributed by atoms with Crippen LogP contribution < -0.4 is 10.0 Å². The van der Waals surface area contributed by atoms with Crippen LogP contribution in [0.15, 0.2) is 60.8 Å². The second-order valence-corrected chi connectivity index (χ2v) is 7.16. The summed E-state index contributed by atoms with van der Waals surface area (Å²) in [6, 6.07) is 13.4. The lowest BCUT2D eigenvalue weighted by atomic mass is 9.92. The Bertz CT molecular complexity index is 1060. The van der Waals surface area contributed by atoms with Crippen LogP contribution in [0.1, 0.15) is 25.0 Å². The zero-order valence-electron chi connectivity index (χ0n) is 16.3. The molecule has 30 heavy (non-hydrogen) atoms. The standard InChI is InChI=1S/C22H19F3N2O3/c1-22(2,26-21(28)30-13-14-6-4-3-5-7-14)18-17(24)12-27(29)20(19(18)25)15-8-10-16(23)11-9-15/h3-12H,13H2,1-2H3,(H,26,28). The number of hydrogen-bond acceptors (Lipinski definition) is 3. The molecule has 1 amide bonds. The van der Waals surface area contributed by atoms with E-state index in [4.69, 9.17) is 4.74 Å². The smallest absolute Gasteiger partial charge is 0.408 e. The highest BCUT2D eigenvalue weighted by Crippen LogP contribution is 2.30. The predicted octanol–water partition coefficient (Wildman–Crippen LogP) is 4.57. The molecular formula is C22H19F3N2O3. The maximum absolute atomic E-state index is 15.2. The van der Waals surface area contributed by atoms with Crippen molar-refractivity contribution in [2.75, 3.05) is 0 Å². The number of aromatic nitrogens is 1. The summed E-state index contributed by atoms with van der Waals surface area (Å²) in [5.41, 5.74) is -1.75. The van der Waals surface area contributed by atoms with Gasteiger partial charge >= 0.3 is 6.09 Å². The normalized spacial score (nSPS) is 11.2. The third kappa shape index (κ3) is 4.53. The van der Waals surface area contributed by atoms with E-state index in [9.17, 15) is 18.8 Å². The molecule has 3 rings (SSSR count). The number of hydrogen-bond donors (Lipinski definition) is 1. The number of halogens is 3. The molecule has 5 nitrogen and oxygen atoms in total. The van der Waals surface area contributed by atoms with E-state index in [1.54, 1.807) is 24.3 Å². The Hall–Kier alpha value is -3.55. The first-order chi connectivity index (χ1) is 14.2. The van der Waals surface area contributed by atoms with Crippen molar-refractivity contribution in [2.45, 2.75) is 26.0 Å². The largest absolute Gasteiger partial charge is 0.618 e. The number of nitrogens with zero attached hydrogens (tertiary/aromatic N) is 1. The molecule has 1 heterocycles. The Morgan fingerprint density at radius 2 is 1.70 bits per heavy atom. The first-order valence-corrected chi connectivity index (χ1v) is 9.05. The predicted molar refractivity (Wildman–Crippen MR) is 104 cm³/mol. The van der Waals surface area contributed by atoms with Crippen LogP contribution in [0.3, 0.4) is 0 Å². The lowest BCUT2D eigenvalue weighted by Gasteiger charge is -2.27. The van der Waals surface area contributed by atoms with Crippen molar-refractivity contribution < 1.29 is 27.4 Å². The van der Waals surface area contributed by atoms with Gasteiger partial charge in [-0.05, 0) is 43.7 Å². The molecule has 3 aromatic rings. The molecule has 0 saturated heterocycles. The van der Waals surface area contributed by atoms with E-state index >= 15 is 4.39 Å². The average Bonchev–Trinajstić information content (AvgIpc) is 2.67. The minimum atomic E-state index is -1.55. The number of carbonyl (C=O) groups is 1. The third-order valence-corrected chi connectivity index (χ3v) is 4.49. The van der Waals surface area contributed by atoms with E-state index in [0.717, 1.165) is 17.7 Å². The van der Waals surface area contributed by atoms with Crippen molar-refractivity contribution in [2.24, 2.45) is 0 Å². The Labute approximate surface area is 171 Å².